The fourth-order valence-corrected chi connectivity index (χ4v) is 6.78. The Bertz CT molecular complexity index is 858. The maximum absolute atomic E-state index is 12.8. The molecule has 3 amide bonds. The molecule has 0 radical (unpaired) electrons. The van der Waals surface area contributed by atoms with Gasteiger partial charge < -0.3 is 10.1 Å². The summed E-state index contributed by atoms with van der Waals surface area (Å²) in [6.45, 7) is 1.11. The van der Waals surface area contributed by atoms with Crippen molar-refractivity contribution < 1.29 is 23.9 Å². The second-order valence-electron chi connectivity index (χ2n) is 8.03. The van der Waals surface area contributed by atoms with E-state index in [9.17, 15) is 19.2 Å². The molecule has 9 heteroatoms. The predicted molar refractivity (Wildman–Crippen MR) is 116 cm³/mol. The molecular formula is C21H22Br2N2O5. The van der Waals surface area contributed by atoms with Crippen LogP contribution in [0.3, 0.4) is 0 Å². The number of likely N-dealkylation sites (tertiary alicyclic amines) is 1. The van der Waals surface area contributed by atoms with Crippen LogP contribution in [0, 0.1) is 23.7 Å². The number of anilines is 1. The Morgan fingerprint density at radius 1 is 1.07 bits per heavy atom. The number of esters is 1. The summed E-state index contributed by atoms with van der Waals surface area (Å²) in [5, 5.41) is 2.65. The van der Waals surface area contributed by atoms with E-state index in [1.165, 1.54) is 0 Å². The summed E-state index contributed by atoms with van der Waals surface area (Å²) in [6.07, 6.45) is 1.73. The topological polar surface area (TPSA) is 92.8 Å². The van der Waals surface area contributed by atoms with Crippen LogP contribution < -0.4 is 5.32 Å². The number of hydrogen-bond acceptors (Lipinski definition) is 5. The zero-order valence-corrected chi connectivity index (χ0v) is 19.5. The highest BCUT2D eigenvalue weighted by molar-refractivity contribution is 9.12. The van der Waals surface area contributed by atoms with Crippen LogP contribution in [0.25, 0.3) is 0 Å². The average Bonchev–Trinajstić information content (AvgIpc) is 3.34. The molecule has 7 nitrogen and oxygen atoms in total. The van der Waals surface area contributed by atoms with Crippen molar-refractivity contribution in [2.75, 3.05) is 18.5 Å². The molecule has 160 valence electrons. The Kier molecular flexibility index (Phi) is 6.03. The van der Waals surface area contributed by atoms with Crippen LogP contribution in [-0.2, 0) is 30.3 Å². The molecule has 1 aliphatic heterocycles. The minimum Gasteiger partial charge on any atom is -0.454 e. The Hall–Kier alpha value is -1.74. The van der Waals surface area contributed by atoms with Crippen molar-refractivity contribution in [3.8, 4) is 0 Å². The smallest absolute Gasteiger partial charge is 0.326 e. The third-order valence-electron chi connectivity index (χ3n) is 6.38. The van der Waals surface area contributed by atoms with Gasteiger partial charge >= 0.3 is 5.97 Å². The molecule has 3 fully saturated rings. The number of carbonyl (C=O) groups is 4. The molecule has 2 aliphatic carbocycles. The summed E-state index contributed by atoms with van der Waals surface area (Å²) in [5.41, 5.74) is 1.75. The molecule has 1 heterocycles. The number of benzene rings is 1. The van der Waals surface area contributed by atoms with Gasteiger partial charge in [-0.25, -0.2) is 0 Å². The van der Waals surface area contributed by atoms with Gasteiger partial charge in [0.15, 0.2) is 6.61 Å². The number of rotatable bonds is 6. The van der Waals surface area contributed by atoms with Gasteiger partial charge in [-0.1, -0.05) is 50.9 Å². The number of fused-ring (bicyclic) bond motifs is 5. The Morgan fingerprint density at radius 2 is 1.63 bits per heavy atom. The van der Waals surface area contributed by atoms with Crippen molar-refractivity contribution in [1.29, 1.82) is 0 Å². The van der Waals surface area contributed by atoms with E-state index in [1.807, 2.05) is 19.1 Å². The fraction of sp³-hybridized carbons (Fsp3) is 0.524. The lowest BCUT2D eigenvalue weighted by Crippen LogP contribution is -2.38. The molecule has 1 saturated heterocycles. The van der Waals surface area contributed by atoms with E-state index < -0.39 is 25.0 Å². The van der Waals surface area contributed by atoms with Crippen molar-refractivity contribution in [2.45, 2.75) is 29.4 Å². The van der Waals surface area contributed by atoms with Gasteiger partial charge in [-0.2, -0.15) is 0 Å². The molecule has 2 saturated carbocycles. The predicted octanol–water partition coefficient (Wildman–Crippen LogP) is 2.51. The van der Waals surface area contributed by atoms with Crippen molar-refractivity contribution >= 4 is 61.2 Å². The number of ether oxygens (including phenoxy) is 1. The third kappa shape index (κ3) is 3.70. The molecule has 30 heavy (non-hydrogen) atoms. The van der Waals surface area contributed by atoms with E-state index in [0.29, 0.717) is 5.69 Å². The SMILES string of the molecule is CCc1ccc(NC(=O)COC(=O)CN2C(=O)[C@@H]3[C@H]4C[C@@H]([C@H](Br)[C@@H]4Br)[C@@H]3C2=O)cc1. The lowest BCUT2D eigenvalue weighted by Gasteiger charge is -2.28. The number of alkyl halides is 2. The Labute approximate surface area is 191 Å². The maximum Gasteiger partial charge on any atom is 0.326 e. The molecule has 4 rings (SSSR count). The van der Waals surface area contributed by atoms with E-state index in [-0.39, 0.29) is 45.1 Å². The van der Waals surface area contributed by atoms with E-state index >= 15 is 0 Å². The van der Waals surface area contributed by atoms with Crippen LogP contribution in [0.15, 0.2) is 24.3 Å². The first-order chi connectivity index (χ1) is 14.3. The van der Waals surface area contributed by atoms with Crippen LogP contribution in [0.1, 0.15) is 18.9 Å². The molecule has 1 aromatic rings. The Morgan fingerprint density at radius 3 is 2.17 bits per heavy atom. The molecule has 2 bridgehead atoms. The highest BCUT2D eigenvalue weighted by Crippen LogP contribution is 2.60. The van der Waals surface area contributed by atoms with Crippen LogP contribution in [0.2, 0.25) is 0 Å². The molecule has 0 aromatic heterocycles. The van der Waals surface area contributed by atoms with Crippen molar-refractivity contribution in [2.24, 2.45) is 23.7 Å². The number of hydrogen-bond donors (Lipinski definition) is 1. The van der Waals surface area contributed by atoms with Gasteiger partial charge in [0.25, 0.3) is 5.91 Å². The number of nitrogens with one attached hydrogen (secondary N) is 1. The van der Waals surface area contributed by atoms with Crippen LogP contribution in [0.4, 0.5) is 5.69 Å². The zero-order valence-electron chi connectivity index (χ0n) is 16.3. The van der Waals surface area contributed by atoms with Crippen LogP contribution >= 0.6 is 31.9 Å². The molecule has 3 aliphatic rings. The molecule has 0 unspecified atom stereocenters. The highest BCUT2D eigenvalue weighted by Gasteiger charge is 2.66. The molecule has 6 atom stereocenters. The molecule has 0 spiro atoms. The lowest BCUT2D eigenvalue weighted by molar-refractivity contribution is -0.154. The van der Waals surface area contributed by atoms with E-state index in [4.69, 9.17) is 4.74 Å². The maximum atomic E-state index is 12.8. The average molecular weight is 542 g/mol. The lowest BCUT2D eigenvalue weighted by atomic mass is 9.81. The normalized spacial score (nSPS) is 31.8. The largest absolute Gasteiger partial charge is 0.454 e. The summed E-state index contributed by atoms with van der Waals surface area (Å²) in [7, 11) is 0. The molecule has 1 aromatic carbocycles. The molecular weight excluding hydrogens is 520 g/mol. The number of aryl methyl sites for hydroxylation is 1. The quantitative estimate of drug-likeness (QED) is 0.339. The number of halogens is 2. The summed E-state index contributed by atoms with van der Waals surface area (Å²) < 4.78 is 5.00. The number of amides is 3. The summed E-state index contributed by atoms with van der Waals surface area (Å²) in [5.74, 6) is -2.43. The first-order valence-electron chi connectivity index (χ1n) is 9.99. The minimum absolute atomic E-state index is 0.0896. The first-order valence-corrected chi connectivity index (χ1v) is 11.8. The number of imide groups is 1. The van der Waals surface area contributed by atoms with E-state index in [2.05, 4.69) is 37.2 Å². The van der Waals surface area contributed by atoms with E-state index in [0.717, 1.165) is 23.3 Å². The second-order valence-corrected chi connectivity index (χ2v) is 10.1. The van der Waals surface area contributed by atoms with Gasteiger partial charge in [-0.3, -0.25) is 24.1 Å². The molecule has 1 N–H and O–H groups in total. The second kappa shape index (κ2) is 8.42. The third-order valence-corrected chi connectivity index (χ3v) is 9.58. The summed E-state index contributed by atoms with van der Waals surface area (Å²) in [6, 6.07) is 7.37. The highest BCUT2D eigenvalue weighted by atomic mass is 79.9. The zero-order chi connectivity index (χ0) is 21.6. The summed E-state index contributed by atoms with van der Waals surface area (Å²) in [4.78, 5) is 51.1. The van der Waals surface area contributed by atoms with Gasteiger partial charge in [0, 0.05) is 15.3 Å². The number of nitrogens with zero attached hydrogens (tertiary/aromatic N) is 1. The van der Waals surface area contributed by atoms with Crippen molar-refractivity contribution in [1.82, 2.24) is 4.90 Å². The van der Waals surface area contributed by atoms with Gasteiger partial charge in [0.1, 0.15) is 6.54 Å². The van der Waals surface area contributed by atoms with Gasteiger partial charge in [-0.05, 0) is 42.4 Å². The van der Waals surface area contributed by atoms with E-state index in [1.54, 1.807) is 12.1 Å². The van der Waals surface area contributed by atoms with Gasteiger partial charge in [-0.15, -0.1) is 0 Å². The van der Waals surface area contributed by atoms with Crippen LogP contribution in [0.5, 0.6) is 0 Å². The van der Waals surface area contributed by atoms with Gasteiger partial charge in [0.05, 0.1) is 11.8 Å². The fourth-order valence-electron chi connectivity index (χ4n) is 4.91. The summed E-state index contributed by atoms with van der Waals surface area (Å²) >= 11 is 7.25. The first kappa shape index (κ1) is 21.5. The van der Waals surface area contributed by atoms with Crippen molar-refractivity contribution in [3.63, 3.8) is 0 Å². The van der Waals surface area contributed by atoms with Gasteiger partial charge in [0.2, 0.25) is 11.8 Å². The van der Waals surface area contributed by atoms with Crippen molar-refractivity contribution in [3.05, 3.63) is 29.8 Å². The minimum atomic E-state index is -0.772. The number of carbonyl (C=O) groups excluding carboxylic acids is 4. The monoisotopic (exact) mass is 540 g/mol. The standard InChI is InChI=1S/C21H22Br2N2O5/c1-2-10-3-5-11(6-4-10)24-14(26)9-30-15(27)8-25-20(28)16-12-7-13(17(16)21(25)29)19(23)18(12)22/h3-6,12-13,16-19H,2,7-9H2,1H3,(H,24,26)/t12-,13-,16-,17+,18-,19+/m1/s1. The Balaban J connectivity index is 1.29. The van der Waals surface area contributed by atoms with Crippen LogP contribution in [-0.4, -0.2) is 51.4 Å².